The second-order valence-electron chi connectivity index (χ2n) is 3.82. The van der Waals surface area contributed by atoms with Crippen molar-refractivity contribution in [1.82, 2.24) is 0 Å². The molecule has 0 N–H and O–H groups in total. The van der Waals surface area contributed by atoms with E-state index in [0.717, 1.165) is 12.0 Å². The number of hydrogen-bond acceptors (Lipinski definition) is 3. The molecule has 3 heteroatoms. The zero-order chi connectivity index (χ0) is 12.3. The van der Waals surface area contributed by atoms with Crippen LogP contribution in [0.4, 0.5) is 0 Å². The van der Waals surface area contributed by atoms with Crippen LogP contribution in [-0.4, -0.2) is 5.97 Å². The lowest BCUT2D eigenvalue weighted by molar-refractivity contribution is 0.0739. The van der Waals surface area contributed by atoms with Gasteiger partial charge in [-0.15, -0.1) is 11.3 Å². The highest BCUT2D eigenvalue weighted by Crippen LogP contribution is 2.19. The number of ether oxygens (including phenoxy) is 1. The maximum absolute atomic E-state index is 11.8. The van der Waals surface area contributed by atoms with Crippen LogP contribution in [0.15, 0.2) is 35.7 Å². The molecule has 17 heavy (non-hydrogen) atoms. The summed E-state index contributed by atoms with van der Waals surface area (Å²) in [6, 6.07) is 9.54. The maximum atomic E-state index is 11.8. The number of aryl methyl sites for hydroxylation is 2. The SMILES string of the molecule is CCc1ccc(OC(=O)c2sccc2C)cc1. The molecule has 0 bridgehead atoms. The molecule has 1 heterocycles. The molecular weight excluding hydrogens is 232 g/mol. The average Bonchev–Trinajstić information content (AvgIpc) is 2.76. The molecule has 0 saturated carbocycles. The fraction of sp³-hybridized carbons (Fsp3) is 0.214. The van der Waals surface area contributed by atoms with Crippen molar-refractivity contribution in [3.8, 4) is 5.75 Å². The quantitative estimate of drug-likeness (QED) is 0.607. The molecular formula is C14H14O2S. The normalized spacial score (nSPS) is 10.2. The zero-order valence-electron chi connectivity index (χ0n) is 9.90. The van der Waals surface area contributed by atoms with Crippen LogP contribution in [0.5, 0.6) is 5.75 Å². The van der Waals surface area contributed by atoms with E-state index < -0.39 is 0 Å². The van der Waals surface area contributed by atoms with Gasteiger partial charge in [-0.25, -0.2) is 4.79 Å². The third kappa shape index (κ3) is 2.74. The number of carbonyl (C=O) groups excluding carboxylic acids is 1. The van der Waals surface area contributed by atoms with Crippen molar-refractivity contribution >= 4 is 17.3 Å². The minimum Gasteiger partial charge on any atom is -0.422 e. The molecule has 0 aliphatic heterocycles. The minimum atomic E-state index is -0.276. The molecule has 0 spiro atoms. The predicted molar refractivity (Wildman–Crippen MR) is 69.8 cm³/mol. The van der Waals surface area contributed by atoms with Crippen LogP contribution >= 0.6 is 11.3 Å². The van der Waals surface area contributed by atoms with Crippen molar-refractivity contribution in [2.45, 2.75) is 20.3 Å². The van der Waals surface area contributed by atoms with E-state index in [1.807, 2.05) is 42.6 Å². The molecule has 1 aromatic carbocycles. The summed E-state index contributed by atoms with van der Waals surface area (Å²) in [5, 5.41) is 1.89. The first-order chi connectivity index (χ1) is 8.20. The van der Waals surface area contributed by atoms with E-state index in [2.05, 4.69) is 6.92 Å². The second kappa shape index (κ2) is 5.15. The van der Waals surface area contributed by atoms with Crippen LogP contribution in [0.3, 0.4) is 0 Å². The van der Waals surface area contributed by atoms with Gasteiger partial charge in [0.1, 0.15) is 10.6 Å². The summed E-state index contributed by atoms with van der Waals surface area (Å²) in [6.45, 7) is 4.00. The summed E-state index contributed by atoms with van der Waals surface area (Å²) >= 11 is 1.41. The van der Waals surface area contributed by atoms with Crippen LogP contribution in [-0.2, 0) is 6.42 Å². The molecule has 88 valence electrons. The van der Waals surface area contributed by atoms with Crippen LogP contribution in [0.1, 0.15) is 27.7 Å². The van der Waals surface area contributed by atoms with Crippen molar-refractivity contribution in [2.75, 3.05) is 0 Å². The Labute approximate surface area is 105 Å². The van der Waals surface area contributed by atoms with Crippen molar-refractivity contribution in [1.29, 1.82) is 0 Å². The number of thiophene rings is 1. The van der Waals surface area contributed by atoms with Gasteiger partial charge in [-0.1, -0.05) is 19.1 Å². The summed E-state index contributed by atoms with van der Waals surface area (Å²) in [5.74, 6) is 0.321. The Morgan fingerprint density at radius 3 is 2.47 bits per heavy atom. The molecule has 0 radical (unpaired) electrons. The van der Waals surface area contributed by atoms with Crippen LogP contribution in [0.25, 0.3) is 0 Å². The van der Waals surface area contributed by atoms with Gasteiger partial charge in [0, 0.05) is 0 Å². The Morgan fingerprint density at radius 1 is 1.24 bits per heavy atom. The summed E-state index contributed by atoms with van der Waals surface area (Å²) in [6.07, 6.45) is 0.984. The molecule has 1 aromatic heterocycles. The van der Waals surface area contributed by atoms with E-state index in [4.69, 9.17) is 4.74 Å². The molecule has 0 unspecified atom stereocenters. The predicted octanol–water partition coefficient (Wildman–Crippen LogP) is 3.84. The fourth-order valence-electron chi connectivity index (χ4n) is 1.53. The number of hydrogen-bond donors (Lipinski definition) is 0. The lowest BCUT2D eigenvalue weighted by Gasteiger charge is -2.04. The summed E-state index contributed by atoms with van der Waals surface area (Å²) < 4.78 is 5.31. The van der Waals surface area contributed by atoms with Crippen LogP contribution < -0.4 is 4.74 Å². The Kier molecular flexibility index (Phi) is 3.59. The molecule has 0 amide bonds. The van der Waals surface area contributed by atoms with Gasteiger partial charge in [0.2, 0.25) is 0 Å². The van der Waals surface area contributed by atoms with Crippen LogP contribution in [0.2, 0.25) is 0 Å². The lowest BCUT2D eigenvalue weighted by Crippen LogP contribution is -2.07. The molecule has 2 aromatic rings. The Hall–Kier alpha value is -1.61. The Morgan fingerprint density at radius 2 is 1.94 bits per heavy atom. The number of carbonyl (C=O) groups is 1. The summed E-state index contributed by atoms with van der Waals surface area (Å²) in [4.78, 5) is 12.5. The molecule has 2 rings (SSSR count). The molecule has 0 fully saturated rings. The fourth-order valence-corrected chi connectivity index (χ4v) is 2.33. The average molecular weight is 246 g/mol. The van der Waals surface area contributed by atoms with Gasteiger partial charge in [0.15, 0.2) is 0 Å². The monoisotopic (exact) mass is 246 g/mol. The molecule has 0 aliphatic rings. The van der Waals surface area contributed by atoms with Crippen molar-refractivity contribution in [3.05, 3.63) is 51.7 Å². The molecule has 0 aliphatic carbocycles. The van der Waals surface area contributed by atoms with E-state index in [9.17, 15) is 4.79 Å². The highest BCUT2D eigenvalue weighted by Gasteiger charge is 2.12. The van der Waals surface area contributed by atoms with Gasteiger partial charge in [0.05, 0.1) is 0 Å². The molecule has 0 saturated heterocycles. The van der Waals surface area contributed by atoms with Crippen molar-refractivity contribution in [2.24, 2.45) is 0 Å². The number of esters is 1. The van der Waals surface area contributed by atoms with E-state index in [-0.39, 0.29) is 5.97 Å². The van der Waals surface area contributed by atoms with E-state index in [0.29, 0.717) is 10.6 Å². The maximum Gasteiger partial charge on any atom is 0.353 e. The standard InChI is InChI=1S/C14H14O2S/c1-3-11-4-6-12(7-5-11)16-14(15)13-10(2)8-9-17-13/h4-9H,3H2,1-2H3. The van der Waals surface area contributed by atoms with Gasteiger partial charge in [-0.05, 0) is 48.1 Å². The van der Waals surface area contributed by atoms with Gasteiger partial charge < -0.3 is 4.74 Å². The third-order valence-corrected chi connectivity index (χ3v) is 3.59. The highest BCUT2D eigenvalue weighted by molar-refractivity contribution is 7.12. The van der Waals surface area contributed by atoms with E-state index in [1.54, 1.807) is 0 Å². The van der Waals surface area contributed by atoms with Gasteiger partial charge in [-0.3, -0.25) is 0 Å². The molecule has 0 atom stereocenters. The Bertz CT molecular complexity index is 511. The van der Waals surface area contributed by atoms with Gasteiger partial charge in [-0.2, -0.15) is 0 Å². The summed E-state index contributed by atoms with van der Waals surface area (Å²) in [5.41, 5.74) is 2.20. The number of rotatable bonds is 3. The topological polar surface area (TPSA) is 26.3 Å². The largest absolute Gasteiger partial charge is 0.422 e. The van der Waals surface area contributed by atoms with E-state index in [1.165, 1.54) is 16.9 Å². The number of benzene rings is 1. The zero-order valence-corrected chi connectivity index (χ0v) is 10.7. The smallest absolute Gasteiger partial charge is 0.353 e. The van der Waals surface area contributed by atoms with Gasteiger partial charge >= 0.3 is 5.97 Å². The van der Waals surface area contributed by atoms with Crippen LogP contribution in [0, 0.1) is 6.92 Å². The highest BCUT2D eigenvalue weighted by atomic mass is 32.1. The Balaban J connectivity index is 2.10. The van der Waals surface area contributed by atoms with Crippen molar-refractivity contribution in [3.63, 3.8) is 0 Å². The third-order valence-electron chi connectivity index (χ3n) is 2.59. The first-order valence-electron chi connectivity index (χ1n) is 5.56. The second-order valence-corrected chi connectivity index (χ2v) is 4.74. The summed E-state index contributed by atoms with van der Waals surface area (Å²) in [7, 11) is 0. The molecule has 2 nitrogen and oxygen atoms in total. The minimum absolute atomic E-state index is 0.276. The van der Waals surface area contributed by atoms with Gasteiger partial charge in [0.25, 0.3) is 0 Å². The first-order valence-corrected chi connectivity index (χ1v) is 6.44. The van der Waals surface area contributed by atoms with Crippen molar-refractivity contribution < 1.29 is 9.53 Å². The lowest BCUT2D eigenvalue weighted by atomic mass is 10.2. The first kappa shape index (κ1) is 11.9. The van der Waals surface area contributed by atoms with E-state index >= 15 is 0 Å².